The fourth-order valence-electron chi connectivity index (χ4n) is 2.83. The molecule has 0 aliphatic rings. The first-order chi connectivity index (χ1) is 14.1. The van der Waals surface area contributed by atoms with E-state index in [0.717, 1.165) is 15.4 Å². The Labute approximate surface area is 175 Å². The van der Waals surface area contributed by atoms with E-state index in [9.17, 15) is 4.79 Å². The highest BCUT2D eigenvalue weighted by atomic mass is 79.9. The number of fused-ring (bicyclic) bond motifs is 1. The van der Waals surface area contributed by atoms with Crippen molar-refractivity contribution < 1.29 is 18.7 Å². The average Bonchev–Trinajstić information content (AvgIpc) is 3.16. The summed E-state index contributed by atoms with van der Waals surface area (Å²) in [6.07, 6.45) is 3.44. The standard InChI is InChI=1S/C22H17BrN2O4/c1-27-19-7-5-17(11-20(19)28-13-14-3-2-8-24-12-14)25-22(26)21-10-15-9-16(23)4-6-18(15)29-21/h2-12H,13H2,1H3,(H,25,26). The predicted octanol–water partition coefficient (Wildman–Crippen LogP) is 5.43. The molecule has 0 unspecified atom stereocenters. The van der Waals surface area contributed by atoms with E-state index in [4.69, 9.17) is 13.9 Å². The first-order valence-electron chi connectivity index (χ1n) is 8.82. The molecule has 2 heterocycles. The van der Waals surface area contributed by atoms with Gasteiger partial charge in [0.25, 0.3) is 5.91 Å². The Kier molecular flexibility index (Phi) is 5.48. The third-order valence-electron chi connectivity index (χ3n) is 4.24. The Hall–Kier alpha value is -3.32. The monoisotopic (exact) mass is 452 g/mol. The lowest BCUT2D eigenvalue weighted by Gasteiger charge is -2.12. The second-order valence-corrected chi connectivity index (χ2v) is 7.18. The summed E-state index contributed by atoms with van der Waals surface area (Å²) in [6, 6.07) is 16.2. The van der Waals surface area contributed by atoms with Gasteiger partial charge in [0.15, 0.2) is 17.3 Å². The predicted molar refractivity (Wildman–Crippen MR) is 113 cm³/mol. The van der Waals surface area contributed by atoms with Crippen LogP contribution in [0.4, 0.5) is 5.69 Å². The second kappa shape index (κ2) is 8.36. The molecule has 0 atom stereocenters. The first kappa shape index (κ1) is 19.0. The van der Waals surface area contributed by atoms with Crippen molar-refractivity contribution in [2.45, 2.75) is 6.61 Å². The van der Waals surface area contributed by atoms with Crippen LogP contribution < -0.4 is 14.8 Å². The van der Waals surface area contributed by atoms with E-state index in [1.165, 1.54) is 0 Å². The first-order valence-corrected chi connectivity index (χ1v) is 9.62. The quantitative estimate of drug-likeness (QED) is 0.422. The summed E-state index contributed by atoms with van der Waals surface area (Å²) in [7, 11) is 1.57. The summed E-state index contributed by atoms with van der Waals surface area (Å²) in [5, 5.41) is 3.68. The third-order valence-corrected chi connectivity index (χ3v) is 4.73. The fraction of sp³-hybridized carbons (Fsp3) is 0.0909. The number of nitrogens with one attached hydrogen (secondary N) is 1. The third kappa shape index (κ3) is 4.41. The zero-order valence-electron chi connectivity index (χ0n) is 15.5. The Morgan fingerprint density at radius 3 is 2.83 bits per heavy atom. The number of hydrogen-bond donors (Lipinski definition) is 1. The number of hydrogen-bond acceptors (Lipinski definition) is 5. The van der Waals surface area contributed by atoms with E-state index >= 15 is 0 Å². The van der Waals surface area contributed by atoms with Gasteiger partial charge in [-0.05, 0) is 42.5 Å². The number of amides is 1. The zero-order valence-corrected chi connectivity index (χ0v) is 17.1. The maximum absolute atomic E-state index is 12.6. The van der Waals surface area contributed by atoms with Gasteiger partial charge in [-0.25, -0.2) is 0 Å². The molecule has 2 aromatic carbocycles. The molecule has 0 bridgehead atoms. The average molecular weight is 453 g/mol. The number of benzene rings is 2. The van der Waals surface area contributed by atoms with Gasteiger partial charge < -0.3 is 19.2 Å². The SMILES string of the molecule is COc1ccc(NC(=O)c2cc3cc(Br)ccc3o2)cc1OCc1cccnc1. The number of furan rings is 1. The van der Waals surface area contributed by atoms with Crippen molar-refractivity contribution in [3.8, 4) is 11.5 Å². The molecule has 2 aromatic heterocycles. The lowest BCUT2D eigenvalue weighted by atomic mass is 10.2. The number of rotatable bonds is 6. The summed E-state index contributed by atoms with van der Waals surface area (Å²) in [4.78, 5) is 16.7. The van der Waals surface area contributed by atoms with Crippen molar-refractivity contribution in [3.63, 3.8) is 0 Å². The highest BCUT2D eigenvalue weighted by molar-refractivity contribution is 9.10. The van der Waals surface area contributed by atoms with Crippen molar-refractivity contribution in [1.82, 2.24) is 4.98 Å². The summed E-state index contributed by atoms with van der Waals surface area (Å²) in [5.41, 5.74) is 2.14. The maximum atomic E-state index is 12.6. The number of anilines is 1. The van der Waals surface area contributed by atoms with Gasteiger partial charge in [-0.3, -0.25) is 9.78 Å². The van der Waals surface area contributed by atoms with E-state index in [0.29, 0.717) is 29.4 Å². The van der Waals surface area contributed by atoms with Crippen LogP contribution >= 0.6 is 15.9 Å². The van der Waals surface area contributed by atoms with Crippen molar-refractivity contribution in [1.29, 1.82) is 0 Å². The van der Waals surface area contributed by atoms with Crippen LogP contribution in [0.15, 0.2) is 75.9 Å². The summed E-state index contributed by atoms with van der Waals surface area (Å²) >= 11 is 3.41. The molecular weight excluding hydrogens is 436 g/mol. The van der Waals surface area contributed by atoms with Crippen molar-refractivity contribution >= 4 is 38.5 Å². The number of aromatic nitrogens is 1. The van der Waals surface area contributed by atoms with E-state index in [2.05, 4.69) is 26.2 Å². The van der Waals surface area contributed by atoms with Crippen molar-refractivity contribution in [2.24, 2.45) is 0 Å². The highest BCUT2D eigenvalue weighted by Gasteiger charge is 2.14. The Balaban J connectivity index is 1.52. The molecule has 6 nitrogen and oxygen atoms in total. The lowest BCUT2D eigenvalue weighted by molar-refractivity contribution is 0.0998. The van der Waals surface area contributed by atoms with Gasteiger partial charge in [-0.15, -0.1) is 0 Å². The molecule has 7 heteroatoms. The molecule has 0 saturated carbocycles. The number of halogens is 1. The minimum absolute atomic E-state index is 0.228. The molecular formula is C22H17BrN2O4. The number of nitrogens with zero attached hydrogens (tertiary/aromatic N) is 1. The molecule has 1 amide bonds. The van der Waals surface area contributed by atoms with Crippen LogP contribution in [0.5, 0.6) is 11.5 Å². The molecule has 146 valence electrons. The van der Waals surface area contributed by atoms with Gasteiger partial charge in [0.2, 0.25) is 0 Å². The van der Waals surface area contributed by atoms with Gasteiger partial charge in [-0.1, -0.05) is 22.0 Å². The van der Waals surface area contributed by atoms with Gasteiger partial charge in [-0.2, -0.15) is 0 Å². The van der Waals surface area contributed by atoms with Crippen LogP contribution in [-0.2, 0) is 6.61 Å². The summed E-state index contributed by atoms with van der Waals surface area (Å²) in [5.74, 6) is 0.968. The van der Waals surface area contributed by atoms with Crippen LogP contribution in [0, 0.1) is 0 Å². The molecule has 29 heavy (non-hydrogen) atoms. The number of carbonyl (C=O) groups is 1. The lowest BCUT2D eigenvalue weighted by Crippen LogP contribution is -2.11. The Bertz CT molecular complexity index is 1160. The van der Waals surface area contributed by atoms with Crippen LogP contribution in [-0.4, -0.2) is 18.0 Å². The zero-order chi connectivity index (χ0) is 20.2. The van der Waals surface area contributed by atoms with E-state index in [1.54, 1.807) is 43.8 Å². The van der Waals surface area contributed by atoms with E-state index < -0.39 is 0 Å². The molecule has 1 N–H and O–H groups in total. The minimum Gasteiger partial charge on any atom is -0.493 e. The molecule has 0 radical (unpaired) electrons. The summed E-state index contributed by atoms with van der Waals surface area (Å²) in [6.45, 7) is 0.333. The van der Waals surface area contributed by atoms with Crippen molar-refractivity contribution in [2.75, 3.05) is 12.4 Å². The number of pyridine rings is 1. The van der Waals surface area contributed by atoms with Gasteiger partial charge in [0.05, 0.1) is 7.11 Å². The molecule has 4 rings (SSSR count). The van der Waals surface area contributed by atoms with Crippen LogP contribution in [0.1, 0.15) is 16.1 Å². The molecule has 0 aliphatic heterocycles. The fourth-order valence-corrected chi connectivity index (χ4v) is 3.21. The minimum atomic E-state index is -0.347. The second-order valence-electron chi connectivity index (χ2n) is 6.26. The maximum Gasteiger partial charge on any atom is 0.291 e. The molecule has 4 aromatic rings. The van der Waals surface area contributed by atoms with Gasteiger partial charge in [0, 0.05) is 39.6 Å². The van der Waals surface area contributed by atoms with Gasteiger partial charge >= 0.3 is 0 Å². The van der Waals surface area contributed by atoms with Crippen LogP contribution in [0.25, 0.3) is 11.0 Å². The number of methoxy groups -OCH3 is 1. The topological polar surface area (TPSA) is 73.6 Å². The number of carbonyl (C=O) groups excluding carboxylic acids is 1. The smallest absolute Gasteiger partial charge is 0.291 e. The molecule has 0 saturated heterocycles. The van der Waals surface area contributed by atoms with E-state index in [1.807, 2.05) is 30.3 Å². The molecule has 0 fully saturated rings. The van der Waals surface area contributed by atoms with Gasteiger partial charge in [0.1, 0.15) is 12.2 Å². The summed E-state index contributed by atoms with van der Waals surface area (Å²) < 4.78 is 17.8. The normalized spacial score (nSPS) is 10.7. The largest absolute Gasteiger partial charge is 0.493 e. The van der Waals surface area contributed by atoms with E-state index in [-0.39, 0.29) is 11.7 Å². The van der Waals surface area contributed by atoms with Crippen LogP contribution in [0.3, 0.4) is 0 Å². The Morgan fingerprint density at radius 1 is 1.14 bits per heavy atom. The number of ether oxygens (including phenoxy) is 2. The Morgan fingerprint density at radius 2 is 2.03 bits per heavy atom. The molecule has 0 spiro atoms. The van der Waals surface area contributed by atoms with Crippen molar-refractivity contribution in [3.05, 3.63) is 82.8 Å². The highest BCUT2D eigenvalue weighted by Crippen LogP contribution is 2.31. The molecule has 0 aliphatic carbocycles. The van der Waals surface area contributed by atoms with Crippen LogP contribution in [0.2, 0.25) is 0 Å².